The van der Waals surface area contributed by atoms with Crippen LogP contribution < -0.4 is 5.32 Å². The SMILES string of the molecule is CCNC(c1ccc(C)cc1)C(C)N1CCCC(CC)C1. The van der Waals surface area contributed by atoms with Gasteiger partial charge in [0.25, 0.3) is 0 Å². The maximum atomic E-state index is 3.71. The summed E-state index contributed by atoms with van der Waals surface area (Å²) in [6.45, 7) is 12.6. The van der Waals surface area contributed by atoms with Crippen LogP contribution in [-0.2, 0) is 0 Å². The molecule has 0 aromatic heterocycles. The molecule has 1 N–H and O–H groups in total. The number of nitrogens with zero attached hydrogens (tertiary/aromatic N) is 1. The summed E-state index contributed by atoms with van der Waals surface area (Å²) >= 11 is 0. The van der Waals surface area contributed by atoms with Gasteiger partial charge in [-0.1, -0.05) is 50.1 Å². The van der Waals surface area contributed by atoms with Gasteiger partial charge in [-0.2, -0.15) is 0 Å². The molecule has 1 fully saturated rings. The molecule has 2 nitrogen and oxygen atoms in total. The van der Waals surface area contributed by atoms with Crippen LogP contribution in [-0.4, -0.2) is 30.6 Å². The maximum absolute atomic E-state index is 3.71. The Kier molecular flexibility index (Phi) is 6.25. The lowest BCUT2D eigenvalue weighted by Gasteiger charge is -2.40. The van der Waals surface area contributed by atoms with Gasteiger partial charge < -0.3 is 5.32 Å². The fraction of sp³-hybridized carbons (Fsp3) is 0.684. The zero-order valence-electron chi connectivity index (χ0n) is 14.2. The molecule has 0 spiro atoms. The number of piperidine rings is 1. The van der Waals surface area contributed by atoms with Crippen LogP contribution in [0.15, 0.2) is 24.3 Å². The highest BCUT2D eigenvalue weighted by Crippen LogP contribution is 2.27. The van der Waals surface area contributed by atoms with Crippen molar-refractivity contribution in [1.29, 1.82) is 0 Å². The van der Waals surface area contributed by atoms with Crippen molar-refractivity contribution in [3.8, 4) is 0 Å². The topological polar surface area (TPSA) is 15.3 Å². The fourth-order valence-corrected chi connectivity index (χ4v) is 3.57. The first-order valence-electron chi connectivity index (χ1n) is 8.69. The molecule has 1 aliphatic heterocycles. The van der Waals surface area contributed by atoms with E-state index in [1.807, 2.05) is 0 Å². The Bertz CT molecular complexity index is 412. The molecule has 3 atom stereocenters. The highest BCUT2D eigenvalue weighted by molar-refractivity contribution is 5.25. The van der Waals surface area contributed by atoms with Crippen LogP contribution in [0.3, 0.4) is 0 Å². The Morgan fingerprint density at radius 1 is 1.24 bits per heavy atom. The second-order valence-corrected chi connectivity index (χ2v) is 6.60. The van der Waals surface area contributed by atoms with E-state index in [1.54, 1.807) is 0 Å². The smallest absolute Gasteiger partial charge is 0.0475 e. The van der Waals surface area contributed by atoms with Gasteiger partial charge in [0.15, 0.2) is 0 Å². The fourth-order valence-electron chi connectivity index (χ4n) is 3.57. The summed E-state index contributed by atoms with van der Waals surface area (Å²) in [4.78, 5) is 2.70. The Morgan fingerprint density at radius 2 is 1.95 bits per heavy atom. The number of rotatable bonds is 6. The van der Waals surface area contributed by atoms with Crippen molar-refractivity contribution in [2.75, 3.05) is 19.6 Å². The second-order valence-electron chi connectivity index (χ2n) is 6.60. The van der Waals surface area contributed by atoms with Gasteiger partial charge in [-0.15, -0.1) is 0 Å². The molecule has 1 aromatic rings. The molecular weight excluding hydrogens is 256 g/mol. The zero-order chi connectivity index (χ0) is 15.2. The lowest BCUT2D eigenvalue weighted by atomic mass is 9.91. The van der Waals surface area contributed by atoms with Gasteiger partial charge in [0, 0.05) is 18.6 Å². The third-order valence-electron chi connectivity index (χ3n) is 5.05. The molecule has 0 amide bonds. The molecule has 118 valence electrons. The first kappa shape index (κ1) is 16.5. The van der Waals surface area contributed by atoms with E-state index in [-0.39, 0.29) is 0 Å². The average Bonchev–Trinajstić information content (AvgIpc) is 2.53. The molecule has 0 aliphatic carbocycles. The summed E-state index contributed by atoms with van der Waals surface area (Å²) in [6, 6.07) is 10.0. The van der Waals surface area contributed by atoms with E-state index >= 15 is 0 Å². The van der Waals surface area contributed by atoms with Crippen molar-refractivity contribution in [3.63, 3.8) is 0 Å². The van der Waals surface area contributed by atoms with Crippen LogP contribution in [0.1, 0.15) is 57.2 Å². The number of likely N-dealkylation sites (N-methyl/N-ethyl adjacent to an activating group) is 1. The third-order valence-corrected chi connectivity index (χ3v) is 5.05. The number of aryl methyl sites for hydroxylation is 1. The largest absolute Gasteiger partial charge is 0.309 e. The van der Waals surface area contributed by atoms with Crippen LogP contribution in [0.4, 0.5) is 0 Å². The summed E-state index contributed by atoms with van der Waals surface area (Å²) in [5, 5.41) is 3.71. The molecule has 0 saturated carbocycles. The first-order valence-corrected chi connectivity index (χ1v) is 8.69. The van der Waals surface area contributed by atoms with Gasteiger partial charge in [-0.25, -0.2) is 0 Å². The first-order chi connectivity index (χ1) is 10.2. The van der Waals surface area contributed by atoms with E-state index in [0.717, 1.165) is 12.5 Å². The Morgan fingerprint density at radius 3 is 2.57 bits per heavy atom. The van der Waals surface area contributed by atoms with Gasteiger partial charge in [-0.05, 0) is 51.3 Å². The number of hydrogen-bond acceptors (Lipinski definition) is 2. The van der Waals surface area contributed by atoms with E-state index in [2.05, 4.69) is 62.2 Å². The number of nitrogens with one attached hydrogen (secondary N) is 1. The molecule has 1 aromatic carbocycles. The van der Waals surface area contributed by atoms with Crippen LogP contribution in [0.5, 0.6) is 0 Å². The molecular formula is C19H32N2. The van der Waals surface area contributed by atoms with E-state index in [1.165, 1.54) is 43.5 Å². The van der Waals surface area contributed by atoms with Crippen molar-refractivity contribution in [3.05, 3.63) is 35.4 Å². The second kappa shape index (κ2) is 7.95. The van der Waals surface area contributed by atoms with Crippen molar-refractivity contribution in [2.45, 2.75) is 59.0 Å². The van der Waals surface area contributed by atoms with E-state index < -0.39 is 0 Å². The lowest BCUT2D eigenvalue weighted by Crippen LogP contribution is -2.47. The van der Waals surface area contributed by atoms with Crippen LogP contribution in [0.2, 0.25) is 0 Å². The van der Waals surface area contributed by atoms with Crippen molar-refractivity contribution >= 4 is 0 Å². The Hall–Kier alpha value is -0.860. The van der Waals surface area contributed by atoms with E-state index in [0.29, 0.717) is 12.1 Å². The third kappa shape index (κ3) is 4.31. The van der Waals surface area contributed by atoms with Crippen molar-refractivity contribution in [2.24, 2.45) is 5.92 Å². The average molecular weight is 288 g/mol. The maximum Gasteiger partial charge on any atom is 0.0475 e. The summed E-state index contributed by atoms with van der Waals surface area (Å²) in [5.41, 5.74) is 2.76. The Labute approximate surface area is 130 Å². The highest BCUT2D eigenvalue weighted by Gasteiger charge is 2.28. The molecule has 21 heavy (non-hydrogen) atoms. The summed E-state index contributed by atoms with van der Waals surface area (Å²) in [7, 11) is 0. The van der Waals surface area contributed by atoms with Crippen LogP contribution in [0.25, 0.3) is 0 Å². The highest BCUT2D eigenvalue weighted by atomic mass is 15.2. The minimum Gasteiger partial charge on any atom is -0.309 e. The lowest BCUT2D eigenvalue weighted by molar-refractivity contribution is 0.106. The minimum atomic E-state index is 0.436. The summed E-state index contributed by atoms with van der Waals surface area (Å²) in [5.74, 6) is 0.890. The number of likely N-dealkylation sites (tertiary alicyclic amines) is 1. The van der Waals surface area contributed by atoms with Gasteiger partial charge >= 0.3 is 0 Å². The van der Waals surface area contributed by atoms with Gasteiger partial charge in [0.2, 0.25) is 0 Å². The van der Waals surface area contributed by atoms with Gasteiger partial charge in [0.1, 0.15) is 0 Å². The van der Waals surface area contributed by atoms with Crippen molar-refractivity contribution < 1.29 is 0 Å². The normalized spacial score (nSPS) is 23.0. The standard InChI is InChI=1S/C19H32N2/c1-5-17-8-7-13-21(14-17)16(4)19(20-6-2)18-11-9-15(3)10-12-18/h9-12,16-17,19-20H,5-8,13-14H2,1-4H3. The molecule has 1 heterocycles. The molecule has 0 radical (unpaired) electrons. The van der Waals surface area contributed by atoms with Gasteiger partial charge in [-0.3, -0.25) is 4.90 Å². The monoisotopic (exact) mass is 288 g/mol. The van der Waals surface area contributed by atoms with Crippen LogP contribution in [0, 0.1) is 12.8 Å². The molecule has 2 rings (SSSR count). The van der Waals surface area contributed by atoms with Crippen LogP contribution >= 0.6 is 0 Å². The number of benzene rings is 1. The zero-order valence-corrected chi connectivity index (χ0v) is 14.2. The summed E-state index contributed by atoms with van der Waals surface area (Å²) in [6.07, 6.45) is 4.09. The van der Waals surface area contributed by atoms with Crippen molar-refractivity contribution in [1.82, 2.24) is 10.2 Å². The molecule has 1 saturated heterocycles. The predicted molar refractivity (Wildman–Crippen MR) is 91.6 cm³/mol. The Balaban J connectivity index is 2.11. The minimum absolute atomic E-state index is 0.436. The quantitative estimate of drug-likeness (QED) is 0.845. The molecule has 1 aliphatic rings. The molecule has 2 heteroatoms. The molecule has 3 unspecified atom stereocenters. The number of hydrogen-bond donors (Lipinski definition) is 1. The molecule has 0 bridgehead atoms. The van der Waals surface area contributed by atoms with E-state index in [9.17, 15) is 0 Å². The summed E-state index contributed by atoms with van der Waals surface area (Å²) < 4.78 is 0. The predicted octanol–water partition coefficient (Wildman–Crippen LogP) is 4.16. The van der Waals surface area contributed by atoms with Gasteiger partial charge in [0.05, 0.1) is 0 Å². The van der Waals surface area contributed by atoms with E-state index in [4.69, 9.17) is 0 Å².